The third kappa shape index (κ3) is 2.64. The first kappa shape index (κ1) is 14.7. The van der Waals surface area contributed by atoms with Crippen LogP contribution in [-0.4, -0.2) is 17.4 Å². The molecule has 2 heterocycles. The van der Waals surface area contributed by atoms with Crippen LogP contribution in [0.15, 0.2) is 34.1 Å². The Labute approximate surface area is 135 Å². The summed E-state index contributed by atoms with van der Waals surface area (Å²) in [6, 6.07) is 6.77. The van der Waals surface area contributed by atoms with Gasteiger partial charge >= 0.3 is 0 Å². The van der Waals surface area contributed by atoms with Crippen molar-refractivity contribution in [1.29, 1.82) is 0 Å². The van der Waals surface area contributed by atoms with Gasteiger partial charge in [0.2, 0.25) is 0 Å². The second-order valence-electron chi connectivity index (χ2n) is 5.10. The molecule has 1 unspecified atom stereocenters. The van der Waals surface area contributed by atoms with Crippen LogP contribution in [0.3, 0.4) is 0 Å². The quantitative estimate of drug-likeness (QED) is 0.746. The number of nitrogens with zero attached hydrogens (tertiary/aromatic N) is 1. The fourth-order valence-electron chi connectivity index (χ4n) is 2.87. The molecule has 1 amide bonds. The van der Waals surface area contributed by atoms with Gasteiger partial charge in [0.25, 0.3) is 5.91 Å². The SMILES string of the molecule is CCC1c2ccsc2CCN1C(=O)c1ccc(Br)c(F)c1. The van der Waals surface area contributed by atoms with Crippen molar-refractivity contribution < 1.29 is 9.18 Å². The highest BCUT2D eigenvalue weighted by molar-refractivity contribution is 9.10. The number of carbonyl (C=O) groups excluding carboxylic acids is 1. The van der Waals surface area contributed by atoms with Crippen molar-refractivity contribution in [3.63, 3.8) is 0 Å². The molecule has 0 aliphatic carbocycles. The second-order valence-corrected chi connectivity index (χ2v) is 6.96. The maximum atomic E-state index is 13.7. The van der Waals surface area contributed by atoms with Crippen molar-refractivity contribution >= 4 is 33.2 Å². The molecule has 0 fully saturated rings. The van der Waals surface area contributed by atoms with Crippen LogP contribution in [0.5, 0.6) is 0 Å². The Hall–Kier alpha value is -1.20. The molecule has 0 saturated carbocycles. The summed E-state index contributed by atoms with van der Waals surface area (Å²) in [6.45, 7) is 2.78. The Balaban J connectivity index is 1.92. The normalized spacial score (nSPS) is 17.7. The zero-order valence-electron chi connectivity index (χ0n) is 11.6. The Kier molecular flexibility index (Phi) is 4.13. The minimum Gasteiger partial charge on any atom is -0.331 e. The zero-order chi connectivity index (χ0) is 15.0. The summed E-state index contributed by atoms with van der Waals surface area (Å²) < 4.78 is 14.0. The number of carbonyl (C=O) groups is 1. The van der Waals surface area contributed by atoms with Crippen molar-refractivity contribution in [2.24, 2.45) is 0 Å². The summed E-state index contributed by atoms with van der Waals surface area (Å²) in [5.74, 6) is -0.493. The minimum atomic E-state index is -0.401. The predicted octanol–water partition coefficient (Wildman–Crippen LogP) is 4.80. The van der Waals surface area contributed by atoms with Crippen LogP contribution in [0.4, 0.5) is 4.39 Å². The van der Waals surface area contributed by atoms with Gasteiger partial charge < -0.3 is 4.90 Å². The number of halogens is 2. The molecule has 3 rings (SSSR count). The van der Waals surface area contributed by atoms with Gasteiger partial charge in [-0.05, 0) is 64.0 Å². The molecule has 21 heavy (non-hydrogen) atoms. The molecule has 2 nitrogen and oxygen atoms in total. The molecule has 1 aliphatic heterocycles. The molecule has 0 spiro atoms. The van der Waals surface area contributed by atoms with Gasteiger partial charge in [-0.1, -0.05) is 6.92 Å². The first-order chi connectivity index (χ1) is 10.1. The molecule has 110 valence electrons. The first-order valence-corrected chi connectivity index (χ1v) is 8.61. The van der Waals surface area contributed by atoms with Crippen LogP contribution in [0, 0.1) is 5.82 Å². The highest BCUT2D eigenvalue weighted by Gasteiger charge is 2.31. The van der Waals surface area contributed by atoms with E-state index < -0.39 is 5.82 Å². The Morgan fingerprint density at radius 2 is 2.29 bits per heavy atom. The van der Waals surface area contributed by atoms with Gasteiger partial charge in [0.15, 0.2) is 0 Å². The fourth-order valence-corrected chi connectivity index (χ4v) is 4.05. The maximum absolute atomic E-state index is 13.7. The van der Waals surface area contributed by atoms with Gasteiger partial charge in [0.1, 0.15) is 5.82 Å². The van der Waals surface area contributed by atoms with E-state index in [4.69, 9.17) is 0 Å². The molecular formula is C16H15BrFNOS. The van der Waals surface area contributed by atoms with Crippen LogP contribution >= 0.6 is 27.3 Å². The lowest BCUT2D eigenvalue weighted by molar-refractivity contribution is 0.0657. The molecule has 0 N–H and O–H groups in total. The molecule has 1 aromatic carbocycles. The molecule has 1 aliphatic rings. The summed E-state index contributed by atoms with van der Waals surface area (Å²) >= 11 is 4.87. The van der Waals surface area contributed by atoms with E-state index in [1.165, 1.54) is 16.5 Å². The maximum Gasteiger partial charge on any atom is 0.254 e. The van der Waals surface area contributed by atoms with Crippen LogP contribution < -0.4 is 0 Å². The number of hydrogen-bond donors (Lipinski definition) is 0. The van der Waals surface area contributed by atoms with Crippen molar-refractivity contribution in [2.45, 2.75) is 25.8 Å². The Morgan fingerprint density at radius 3 is 3.00 bits per heavy atom. The second kappa shape index (κ2) is 5.89. The Morgan fingerprint density at radius 1 is 1.48 bits per heavy atom. The van der Waals surface area contributed by atoms with Crippen molar-refractivity contribution in [3.8, 4) is 0 Å². The summed E-state index contributed by atoms with van der Waals surface area (Å²) in [6.07, 6.45) is 1.75. The lowest BCUT2D eigenvalue weighted by atomic mass is 9.97. The molecule has 1 atom stereocenters. The average Bonchev–Trinajstić information content (AvgIpc) is 2.96. The molecule has 0 saturated heterocycles. The van der Waals surface area contributed by atoms with Gasteiger partial charge in [0, 0.05) is 17.0 Å². The zero-order valence-corrected chi connectivity index (χ0v) is 14.0. The van der Waals surface area contributed by atoms with Crippen molar-refractivity contribution in [1.82, 2.24) is 4.90 Å². The monoisotopic (exact) mass is 367 g/mol. The molecule has 2 aromatic rings. The van der Waals surface area contributed by atoms with Crippen molar-refractivity contribution in [3.05, 3.63) is 55.9 Å². The predicted molar refractivity (Wildman–Crippen MR) is 86.2 cm³/mol. The largest absolute Gasteiger partial charge is 0.331 e. The number of rotatable bonds is 2. The number of thiophene rings is 1. The summed E-state index contributed by atoms with van der Waals surface area (Å²) in [5.41, 5.74) is 1.66. The van der Waals surface area contributed by atoms with E-state index in [9.17, 15) is 9.18 Å². The first-order valence-electron chi connectivity index (χ1n) is 6.94. The highest BCUT2D eigenvalue weighted by Crippen LogP contribution is 2.36. The fraction of sp³-hybridized carbons (Fsp3) is 0.312. The summed E-state index contributed by atoms with van der Waals surface area (Å²) in [7, 11) is 0. The van der Waals surface area contributed by atoms with E-state index in [-0.39, 0.29) is 11.9 Å². The van der Waals surface area contributed by atoms with Gasteiger partial charge in [-0.15, -0.1) is 11.3 Å². The van der Waals surface area contributed by atoms with Gasteiger partial charge in [-0.25, -0.2) is 4.39 Å². The van der Waals surface area contributed by atoms with Gasteiger partial charge in [-0.3, -0.25) is 4.79 Å². The van der Waals surface area contributed by atoms with E-state index in [0.29, 0.717) is 16.6 Å². The number of amides is 1. The third-order valence-electron chi connectivity index (χ3n) is 3.91. The van der Waals surface area contributed by atoms with E-state index >= 15 is 0 Å². The number of fused-ring (bicyclic) bond motifs is 1. The third-order valence-corrected chi connectivity index (χ3v) is 5.55. The average molecular weight is 368 g/mol. The lowest BCUT2D eigenvalue weighted by Crippen LogP contribution is -2.39. The number of benzene rings is 1. The topological polar surface area (TPSA) is 20.3 Å². The van der Waals surface area contributed by atoms with E-state index in [1.54, 1.807) is 23.5 Å². The van der Waals surface area contributed by atoms with E-state index in [0.717, 1.165) is 12.8 Å². The molecular weight excluding hydrogens is 353 g/mol. The molecule has 0 radical (unpaired) electrons. The van der Waals surface area contributed by atoms with Crippen molar-refractivity contribution in [2.75, 3.05) is 6.54 Å². The molecule has 1 aromatic heterocycles. The standard InChI is InChI=1S/C16H15BrFNOS/c1-2-14-11-6-8-21-15(11)5-7-19(14)16(20)10-3-4-12(17)13(18)9-10/h3-4,6,8-9,14H,2,5,7H2,1H3. The highest BCUT2D eigenvalue weighted by atomic mass is 79.9. The van der Waals surface area contributed by atoms with Crippen LogP contribution in [0.1, 0.15) is 40.2 Å². The van der Waals surface area contributed by atoms with Crippen LogP contribution in [0.25, 0.3) is 0 Å². The summed E-state index contributed by atoms with van der Waals surface area (Å²) in [5, 5.41) is 2.08. The molecule has 5 heteroatoms. The van der Waals surface area contributed by atoms with E-state index in [2.05, 4.69) is 34.3 Å². The smallest absolute Gasteiger partial charge is 0.254 e. The van der Waals surface area contributed by atoms with Crippen LogP contribution in [0.2, 0.25) is 0 Å². The minimum absolute atomic E-state index is 0.0925. The molecule has 0 bridgehead atoms. The lowest BCUT2D eigenvalue weighted by Gasteiger charge is -2.35. The van der Waals surface area contributed by atoms with Gasteiger partial charge in [0.05, 0.1) is 10.5 Å². The number of hydrogen-bond acceptors (Lipinski definition) is 2. The van der Waals surface area contributed by atoms with Gasteiger partial charge in [-0.2, -0.15) is 0 Å². The van der Waals surface area contributed by atoms with E-state index in [1.807, 2.05) is 4.90 Å². The summed E-state index contributed by atoms with van der Waals surface area (Å²) in [4.78, 5) is 16.0. The van der Waals surface area contributed by atoms with Crippen LogP contribution in [-0.2, 0) is 6.42 Å². The Bertz CT molecular complexity index is 685.